The molecule has 1 heterocycles. The van der Waals surface area contributed by atoms with E-state index in [9.17, 15) is 4.79 Å². The summed E-state index contributed by atoms with van der Waals surface area (Å²) in [6.07, 6.45) is 6.32. The second-order valence-corrected chi connectivity index (χ2v) is 7.04. The number of amides is 1. The largest absolute Gasteiger partial charge is 0.325 e. The molecule has 3 rings (SSSR count). The fourth-order valence-corrected chi connectivity index (χ4v) is 3.75. The standard InChI is InChI=1S/C17H22N4OS/c1-12(2)21-11-18-20-17(21)23-10-16(22)19-15-9-5-7-13-6-3-4-8-14(13)15/h5,7,9,11-12H,3-4,6,8,10H2,1-2H3,(H,19,22). The first-order chi connectivity index (χ1) is 11.1. The Labute approximate surface area is 140 Å². The van der Waals surface area contributed by atoms with E-state index in [2.05, 4.69) is 35.4 Å². The third-order valence-corrected chi connectivity index (χ3v) is 5.06. The minimum Gasteiger partial charge on any atom is -0.325 e. The zero-order valence-corrected chi connectivity index (χ0v) is 14.4. The number of carbonyl (C=O) groups excluding carboxylic acids is 1. The summed E-state index contributed by atoms with van der Waals surface area (Å²) < 4.78 is 1.97. The summed E-state index contributed by atoms with van der Waals surface area (Å²) in [4.78, 5) is 12.3. The van der Waals surface area contributed by atoms with E-state index in [1.54, 1.807) is 6.33 Å². The first-order valence-corrected chi connectivity index (χ1v) is 9.06. The molecule has 23 heavy (non-hydrogen) atoms. The minimum absolute atomic E-state index is 0.00674. The van der Waals surface area contributed by atoms with Crippen molar-refractivity contribution in [1.29, 1.82) is 0 Å². The van der Waals surface area contributed by atoms with Gasteiger partial charge >= 0.3 is 0 Å². The maximum Gasteiger partial charge on any atom is 0.234 e. The number of hydrogen-bond acceptors (Lipinski definition) is 4. The van der Waals surface area contributed by atoms with Gasteiger partial charge in [-0.05, 0) is 56.7 Å². The Kier molecular flexibility index (Phi) is 5.00. The third-order valence-electron chi connectivity index (χ3n) is 4.10. The molecular weight excluding hydrogens is 308 g/mol. The Balaban J connectivity index is 1.63. The van der Waals surface area contributed by atoms with Gasteiger partial charge in [0.25, 0.3) is 0 Å². The zero-order chi connectivity index (χ0) is 16.2. The fraction of sp³-hybridized carbons (Fsp3) is 0.471. The molecule has 0 unspecified atom stereocenters. The molecular formula is C17H22N4OS. The van der Waals surface area contributed by atoms with Crippen LogP contribution in [0.2, 0.25) is 0 Å². The SMILES string of the molecule is CC(C)n1cnnc1SCC(=O)Nc1cccc2c1CCCC2. The molecule has 1 aromatic carbocycles. The maximum atomic E-state index is 12.3. The Hall–Kier alpha value is -1.82. The maximum absolute atomic E-state index is 12.3. The van der Waals surface area contributed by atoms with E-state index in [-0.39, 0.29) is 11.9 Å². The summed E-state index contributed by atoms with van der Waals surface area (Å²) >= 11 is 1.42. The number of anilines is 1. The molecule has 0 aliphatic heterocycles. The first kappa shape index (κ1) is 16.1. The van der Waals surface area contributed by atoms with Crippen LogP contribution < -0.4 is 5.32 Å². The smallest absolute Gasteiger partial charge is 0.234 e. The van der Waals surface area contributed by atoms with Crippen LogP contribution in [0.4, 0.5) is 5.69 Å². The average Bonchev–Trinajstić information content (AvgIpc) is 3.02. The van der Waals surface area contributed by atoms with Crippen LogP contribution in [-0.4, -0.2) is 26.4 Å². The van der Waals surface area contributed by atoms with Gasteiger partial charge in [-0.2, -0.15) is 0 Å². The summed E-state index contributed by atoms with van der Waals surface area (Å²) in [7, 11) is 0. The van der Waals surface area contributed by atoms with Crippen LogP contribution >= 0.6 is 11.8 Å². The normalized spacial score (nSPS) is 13.9. The van der Waals surface area contributed by atoms with E-state index < -0.39 is 0 Å². The van der Waals surface area contributed by atoms with Crippen LogP contribution in [0.15, 0.2) is 29.7 Å². The molecule has 0 spiro atoms. The number of carbonyl (C=O) groups is 1. The van der Waals surface area contributed by atoms with Crippen molar-refractivity contribution in [2.75, 3.05) is 11.1 Å². The van der Waals surface area contributed by atoms with Gasteiger partial charge in [-0.25, -0.2) is 0 Å². The van der Waals surface area contributed by atoms with Crippen molar-refractivity contribution in [3.05, 3.63) is 35.7 Å². The molecule has 1 aliphatic carbocycles. The lowest BCUT2D eigenvalue weighted by atomic mass is 9.90. The lowest BCUT2D eigenvalue weighted by Crippen LogP contribution is -2.17. The van der Waals surface area contributed by atoms with Crippen LogP contribution in [0.5, 0.6) is 0 Å². The number of aromatic nitrogens is 3. The Morgan fingerprint density at radius 2 is 2.17 bits per heavy atom. The molecule has 1 amide bonds. The van der Waals surface area contributed by atoms with Crippen molar-refractivity contribution >= 4 is 23.4 Å². The van der Waals surface area contributed by atoms with Crippen molar-refractivity contribution in [2.24, 2.45) is 0 Å². The molecule has 0 saturated carbocycles. The van der Waals surface area contributed by atoms with E-state index in [1.807, 2.05) is 16.7 Å². The van der Waals surface area contributed by atoms with Crippen molar-refractivity contribution in [2.45, 2.75) is 50.7 Å². The van der Waals surface area contributed by atoms with E-state index in [4.69, 9.17) is 0 Å². The predicted octanol–water partition coefficient (Wildman–Crippen LogP) is 3.47. The lowest BCUT2D eigenvalue weighted by Gasteiger charge is -2.19. The molecule has 1 N–H and O–H groups in total. The van der Waals surface area contributed by atoms with Gasteiger partial charge < -0.3 is 9.88 Å². The van der Waals surface area contributed by atoms with Crippen LogP contribution in [0.1, 0.15) is 43.9 Å². The van der Waals surface area contributed by atoms with E-state index in [0.29, 0.717) is 5.75 Å². The second-order valence-electron chi connectivity index (χ2n) is 6.10. The first-order valence-electron chi connectivity index (χ1n) is 8.08. The number of thioether (sulfide) groups is 1. The topological polar surface area (TPSA) is 59.8 Å². The zero-order valence-electron chi connectivity index (χ0n) is 13.6. The van der Waals surface area contributed by atoms with Gasteiger partial charge in [-0.1, -0.05) is 23.9 Å². The Morgan fingerprint density at radius 1 is 1.35 bits per heavy atom. The summed E-state index contributed by atoms with van der Waals surface area (Å²) in [5.41, 5.74) is 3.65. The number of aryl methyl sites for hydroxylation is 1. The van der Waals surface area contributed by atoms with Gasteiger partial charge in [-0.15, -0.1) is 10.2 Å². The van der Waals surface area contributed by atoms with E-state index in [1.165, 1.54) is 35.7 Å². The van der Waals surface area contributed by atoms with Gasteiger partial charge in [0.1, 0.15) is 6.33 Å². The summed E-state index contributed by atoms with van der Waals surface area (Å²) in [5.74, 6) is 0.349. The second kappa shape index (κ2) is 7.17. The van der Waals surface area contributed by atoms with E-state index >= 15 is 0 Å². The minimum atomic E-state index is 0.00674. The number of fused-ring (bicyclic) bond motifs is 1. The van der Waals surface area contributed by atoms with Gasteiger partial charge in [0.15, 0.2) is 5.16 Å². The van der Waals surface area contributed by atoms with Gasteiger partial charge in [0.2, 0.25) is 5.91 Å². The number of nitrogens with zero attached hydrogens (tertiary/aromatic N) is 3. The van der Waals surface area contributed by atoms with Crippen molar-refractivity contribution in [1.82, 2.24) is 14.8 Å². The molecule has 122 valence electrons. The quantitative estimate of drug-likeness (QED) is 0.853. The van der Waals surface area contributed by atoms with Crippen molar-refractivity contribution in [3.63, 3.8) is 0 Å². The molecule has 5 nitrogen and oxygen atoms in total. The summed E-state index contributed by atoms with van der Waals surface area (Å²) in [6.45, 7) is 4.15. The average molecular weight is 330 g/mol. The van der Waals surface area contributed by atoms with Crippen molar-refractivity contribution in [3.8, 4) is 0 Å². The monoisotopic (exact) mass is 330 g/mol. The Bertz CT molecular complexity index is 696. The summed E-state index contributed by atoms with van der Waals surface area (Å²) in [6, 6.07) is 6.49. The number of hydrogen-bond donors (Lipinski definition) is 1. The highest BCUT2D eigenvalue weighted by molar-refractivity contribution is 7.99. The van der Waals surface area contributed by atoms with Crippen LogP contribution in [0.3, 0.4) is 0 Å². The van der Waals surface area contributed by atoms with Crippen LogP contribution in [-0.2, 0) is 17.6 Å². The number of benzene rings is 1. The van der Waals surface area contributed by atoms with Gasteiger partial charge in [0, 0.05) is 11.7 Å². The highest BCUT2D eigenvalue weighted by Gasteiger charge is 2.15. The van der Waals surface area contributed by atoms with E-state index in [0.717, 1.165) is 23.7 Å². The molecule has 2 aromatic rings. The van der Waals surface area contributed by atoms with Gasteiger partial charge in [-0.3, -0.25) is 4.79 Å². The molecule has 0 fully saturated rings. The predicted molar refractivity (Wildman–Crippen MR) is 92.8 cm³/mol. The van der Waals surface area contributed by atoms with Crippen molar-refractivity contribution < 1.29 is 4.79 Å². The van der Waals surface area contributed by atoms with Gasteiger partial charge in [0.05, 0.1) is 5.75 Å². The molecule has 1 aromatic heterocycles. The molecule has 6 heteroatoms. The highest BCUT2D eigenvalue weighted by Crippen LogP contribution is 2.28. The van der Waals surface area contributed by atoms with Crippen LogP contribution in [0, 0.1) is 0 Å². The van der Waals surface area contributed by atoms with Crippen LogP contribution in [0.25, 0.3) is 0 Å². The lowest BCUT2D eigenvalue weighted by molar-refractivity contribution is -0.113. The Morgan fingerprint density at radius 3 is 3.00 bits per heavy atom. The fourth-order valence-electron chi connectivity index (χ4n) is 2.90. The molecule has 0 atom stereocenters. The molecule has 0 radical (unpaired) electrons. The molecule has 0 bridgehead atoms. The molecule has 0 saturated heterocycles. The number of rotatable bonds is 5. The molecule has 1 aliphatic rings. The highest BCUT2D eigenvalue weighted by atomic mass is 32.2. The summed E-state index contributed by atoms with van der Waals surface area (Å²) in [5, 5.41) is 11.9. The third kappa shape index (κ3) is 3.75. The number of nitrogens with one attached hydrogen (secondary N) is 1.